The Bertz CT molecular complexity index is 565. The average molecular weight is 354 g/mol. The molecule has 24 heavy (non-hydrogen) atoms. The maximum Gasteiger partial charge on any atom is 0.242 e. The Morgan fingerprint density at radius 2 is 1.83 bits per heavy atom. The number of hydrogen-bond donors (Lipinski definition) is 2. The summed E-state index contributed by atoms with van der Waals surface area (Å²) in [5.74, 6) is -0.151. The van der Waals surface area contributed by atoms with Gasteiger partial charge in [0.05, 0.1) is 12.0 Å². The summed E-state index contributed by atoms with van der Waals surface area (Å²) in [4.78, 5) is 26.6. The minimum Gasteiger partial charge on any atom is -0.347 e. The van der Waals surface area contributed by atoms with E-state index in [0.29, 0.717) is 32.5 Å². The first-order valence-electron chi connectivity index (χ1n) is 8.39. The number of fused-ring (bicyclic) bond motifs is 1. The fourth-order valence-electron chi connectivity index (χ4n) is 3.12. The molecule has 1 aliphatic rings. The Morgan fingerprint density at radius 3 is 2.42 bits per heavy atom. The van der Waals surface area contributed by atoms with Crippen molar-refractivity contribution in [1.29, 1.82) is 0 Å². The number of benzene rings is 1. The Hall–Kier alpha value is -1.59. The van der Waals surface area contributed by atoms with Crippen LogP contribution in [-0.4, -0.2) is 36.3 Å². The van der Waals surface area contributed by atoms with Crippen LogP contribution in [0.1, 0.15) is 37.8 Å². The second-order valence-corrected chi connectivity index (χ2v) is 6.21. The van der Waals surface area contributed by atoms with Gasteiger partial charge in [0.2, 0.25) is 11.8 Å². The molecule has 1 aromatic rings. The van der Waals surface area contributed by atoms with Crippen molar-refractivity contribution in [3.8, 4) is 0 Å². The number of carbonyl (C=O) groups excluding carboxylic acids is 2. The standard InChI is InChI=1S/C18H27N3O2.ClH/c1-3-18(4-2,13-19)17(23)20-11-16(22)21-10-9-14-7-5-6-8-15(14)12-21;/h5-8H,3-4,9-13,19H2,1-2H3,(H,20,23);1H. The second-order valence-electron chi connectivity index (χ2n) is 6.21. The summed E-state index contributed by atoms with van der Waals surface area (Å²) in [7, 11) is 0. The molecule has 0 fully saturated rings. The molecule has 3 N–H and O–H groups in total. The highest BCUT2D eigenvalue weighted by Gasteiger charge is 2.33. The monoisotopic (exact) mass is 353 g/mol. The van der Waals surface area contributed by atoms with E-state index in [1.807, 2.05) is 30.9 Å². The quantitative estimate of drug-likeness (QED) is 0.819. The van der Waals surface area contributed by atoms with E-state index in [0.717, 1.165) is 6.42 Å². The van der Waals surface area contributed by atoms with Crippen molar-refractivity contribution in [1.82, 2.24) is 10.2 Å². The van der Waals surface area contributed by atoms with E-state index in [-0.39, 0.29) is 30.8 Å². The third kappa shape index (κ3) is 4.28. The SMILES string of the molecule is CCC(CC)(CN)C(=O)NCC(=O)N1CCc2ccccc2C1.Cl. The number of carbonyl (C=O) groups is 2. The molecule has 0 aliphatic carbocycles. The molecule has 0 saturated carbocycles. The van der Waals surface area contributed by atoms with Gasteiger partial charge in [-0.25, -0.2) is 0 Å². The predicted molar refractivity (Wildman–Crippen MR) is 97.9 cm³/mol. The van der Waals surface area contributed by atoms with Crippen molar-refractivity contribution < 1.29 is 9.59 Å². The van der Waals surface area contributed by atoms with Crippen molar-refractivity contribution in [2.24, 2.45) is 11.1 Å². The van der Waals surface area contributed by atoms with Crippen molar-refractivity contribution in [2.45, 2.75) is 39.7 Å². The van der Waals surface area contributed by atoms with E-state index in [1.165, 1.54) is 11.1 Å². The zero-order valence-corrected chi connectivity index (χ0v) is 15.3. The van der Waals surface area contributed by atoms with Gasteiger partial charge in [0.25, 0.3) is 0 Å². The lowest BCUT2D eigenvalue weighted by molar-refractivity contribution is -0.137. The van der Waals surface area contributed by atoms with Crippen LogP contribution in [0.5, 0.6) is 0 Å². The van der Waals surface area contributed by atoms with Crippen LogP contribution in [0.2, 0.25) is 0 Å². The summed E-state index contributed by atoms with van der Waals surface area (Å²) in [6, 6.07) is 8.18. The fourth-order valence-corrected chi connectivity index (χ4v) is 3.12. The van der Waals surface area contributed by atoms with Crippen molar-refractivity contribution in [3.05, 3.63) is 35.4 Å². The second kappa shape index (κ2) is 9.04. The molecule has 0 aromatic heterocycles. The van der Waals surface area contributed by atoms with Gasteiger partial charge in [-0.2, -0.15) is 0 Å². The van der Waals surface area contributed by atoms with Gasteiger partial charge in [0.15, 0.2) is 0 Å². The fraction of sp³-hybridized carbons (Fsp3) is 0.556. The van der Waals surface area contributed by atoms with Gasteiger partial charge in [-0.3, -0.25) is 9.59 Å². The summed E-state index contributed by atoms with van der Waals surface area (Å²) >= 11 is 0. The zero-order valence-electron chi connectivity index (χ0n) is 14.5. The van der Waals surface area contributed by atoms with Crippen LogP contribution in [0.15, 0.2) is 24.3 Å². The van der Waals surface area contributed by atoms with E-state index in [9.17, 15) is 9.59 Å². The molecule has 6 heteroatoms. The lowest BCUT2D eigenvalue weighted by atomic mass is 9.81. The van der Waals surface area contributed by atoms with E-state index in [4.69, 9.17) is 5.73 Å². The number of hydrogen-bond acceptors (Lipinski definition) is 3. The zero-order chi connectivity index (χ0) is 16.9. The van der Waals surface area contributed by atoms with E-state index >= 15 is 0 Å². The summed E-state index contributed by atoms with van der Waals surface area (Å²) in [5.41, 5.74) is 7.71. The molecule has 2 rings (SSSR count). The topological polar surface area (TPSA) is 75.4 Å². The third-order valence-electron chi connectivity index (χ3n) is 5.11. The van der Waals surface area contributed by atoms with Crippen molar-refractivity contribution in [2.75, 3.05) is 19.6 Å². The van der Waals surface area contributed by atoms with Crippen LogP contribution < -0.4 is 11.1 Å². The lowest BCUT2D eigenvalue weighted by Crippen LogP contribution is -2.49. The van der Waals surface area contributed by atoms with Crippen molar-refractivity contribution >= 4 is 24.2 Å². The van der Waals surface area contributed by atoms with Gasteiger partial charge in [0.1, 0.15) is 0 Å². The van der Waals surface area contributed by atoms with Gasteiger partial charge < -0.3 is 16.0 Å². The summed E-state index contributed by atoms with van der Waals surface area (Å²) in [6.07, 6.45) is 2.22. The molecule has 1 aliphatic heterocycles. The number of halogens is 1. The number of nitrogens with zero attached hydrogens (tertiary/aromatic N) is 1. The minimum atomic E-state index is -0.561. The first kappa shape index (κ1) is 20.5. The number of nitrogens with one attached hydrogen (secondary N) is 1. The molecule has 0 unspecified atom stereocenters. The number of nitrogens with two attached hydrogens (primary N) is 1. The van der Waals surface area contributed by atoms with Crippen LogP contribution in [0.3, 0.4) is 0 Å². The first-order valence-corrected chi connectivity index (χ1v) is 8.39. The minimum absolute atomic E-state index is 0. The molecule has 1 aromatic carbocycles. The number of amides is 2. The van der Waals surface area contributed by atoms with Crippen LogP contribution in [0, 0.1) is 5.41 Å². The maximum atomic E-state index is 12.4. The largest absolute Gasteiger partial charge is 0.347 e. The first-order chi connectivity index (χ1) is 11.1. The van der Waals surface area contributed by atoms with Crippen molar-refractivity contribution in [3.63, 3.8) is 0 Å². The average Bonchev–Trinajstić information content (AvgIpc) is 2.61. The molecule has 5 nitrogen and oxygen atoms in total. The molecule has 1 heterocycles. The summed E-state index contributed by atoms with van der Waals surface area (Å²) < 4.78 is 0. The lowest BCUT2D eigenvalue weighted by Gasteiger charge is -2.31. The summed E-state index contributed by atoms with van der Waals surface area (Å²) in [6.45, 7) is 5.59. The van der Waals surface area contributed by atoms with Crippen LogP contribution in [-0.2, 0) is 22.6 Å². The highest BCUT2D eigenvalue weighted by molar-refractivity contribution is 5.88. The Labute approximate surface area is 150 Å². The predicted octanol–water partition coefficient (Wildman–Crippen LogP) is 1.87. The molecule has 2 amide bonds. The van der Waals surface area contributed by atoms with Crippen LogP contribution in [0.4, 0.5) is 0 Å². The van der Waals surface area contributed by atoms with Gasteiger partial charge in [-0.1, -0.05) is 38.1 Å². The third-order valence-corrected chi connectivity index (χ3v) is 5.11. The van der Waals surface area contributed by atoms with Gasteiger partial charge in [0, 0.05) is 19.6 Å². The Morgan fingerprint density at radius 1 is 1.21 bits per heavy atom. The van der Waals surface area contributed by atoms with Gasteiger partial charge >= 0.3 is 0 Å². The van der Waals surface area contributed by atoms with Crippen LogP contribution >= 0.6 is 12.4 Å². The van der Waals surface area contributed by atoms with E-state index in [1.54, 1.807) is 0 Å². The molecular weight excluding hydrogens is 326 g/mol. The highest BCUT2D eigenvalue weighted by atomic mass is 35.5. The van der Waals surface area contributed by atoms with E-state index < -0.39 is 5.41 Å². The molecule has 134 valence electrons. The maximum absolute atomic E-state index is 12.4. The Balaban J connectivity index is 0.00000288. The summed E-state index contributed by atoms with van der Waals surface area (Å²) in [5, 5.41) is 2.79. The highest BCUT2D eigenvalue weighted by Crippen LogP contribution is 2.25. The normalized spacial score (nSPS) is 13.7. The number of rotatable bonds is 6. The smallest absolute Gasteiger partial charge is 0.242 e. The molecule has 0 bridgehead atoms. The molecule has 0 spiro atoms. The van der Waals surface area contributed by atoms with Crippen LogP contribution in [0.25, 0.3) is 0 Å². The molecule has 0 atom stereocenters. The van der Waals surface area contributed by atoms with Gasteiger partial charge in [-0.05, 0) is 30.4 Å². The van der Waals surface area contributed by atoms with E-state index in [2.05, 4.69) is 17.4 Å². The van der Waals surface area contributed by atoms with Gasteiger partial charge in [-0.15, -0.1) is 12.4 Å². The Kier molecular flexibility index (Phi) is 7.70. The molecule has 0 saturated heterocycles. The molecule has 0 radical (unpaired) electrons. The molecular formula is C18H28ClN3O2.